The van der Waals surface area contributed by atoms with Crippen LogP contribution in [0, 0.1) is 6.92 Å². The molecule has 0 saturated carbocycles. The van der Waals surface area contributed by atoms with Gasteiger partial charge in [-0.15, -0.1) is 0 Å². The molecule has 3 aromatic carbocycles. The maximum absolute atomic E-state index is 13.5. The number of nitrogens with one attached hydrogen (secondary N) is 1. The summed E-state index contributed by atoms with van der Waals surface area (Å²) in [5.74, 6) is -0.320. The summed E-state index contributed by atoms with van der Waals surface area (Å²) in [6, 6.07) is 19.5. The number of hydrogen-bond donors (Lipinski definition) is 1. The Morgan fingerprint density at radius 3 is 2.39 bits per heavy atom. The summed E-state index contributed by atoms with van der Waals surface area (Å²) in [4.78, 5) is 29.2. The van der Waals surface area contributed by atoms with Crippen LogP contribution in [0.25, 0.3) is 0 Å². The fourth-order valence-corrected chi connectivity index (χ4v) is 4.50. The molecule has 5 nitrogen and oxygen atoms in total. The number of hydrogen-bond acceptors (Lipinski definition) is 5. The fourth-order valence-electron chi connectivity index (χ4n) is 3.28. The van der Waals surface area contributed by atoms with Crippen LogP contribution in [-0.4, -0.2) is 18.4 Å². The van der Waals surface area contributed by atoms with Gasteiger partial charge >= 0.3 is 0 Å². The van der Waals surface area contributed by atoms with Gasteiger partial charge in [-0.1, -0.05) is 53.2 Å². The Bertz CT molecular complexity index is 1260. The number of thioether (sulfide) groups is 1. The Kier molecular flexibility index (Phi) is 6.98. The lowest BCUT2D eigenvalue weighted by Gasteiger charge is -2.17. The molecule has 0 aliphatic carbocycles. The lowest BCUT2D eigenvalue weighted by Crippen LogP contribution is -2.32. The molecule has 0 saturated heterocycles. The standard InChI is InChI=1S/C25H20Cl2N2O3S/c1-3-32-21-7-5-4-6-20(21)28-22-23(33-18-12-9-16(26)10-13-18)25(31)29(24(22)30)17-11-8-15(2)19(27)14-17/h4-14,28H,3H2,1-2H3. The molecule has 33 heavy (non-hydrogen) atoms. The summed E-state index contributed by atoms with van der Waals surface area (Å²) >= 11 is 13.5. The Balaban J connectivity index is 1.77. The molecule has 8 heteroatoms. The minimum absolute atomic E-state index is 0.170. The second kappa shape index (κ2) is 9.91. The molecule has 4 rings (SSSR count). The largest absolute Gasteiger partial charge is 0.492 e. The van der Waals surface area contributed by atoms with Crippen molar-refractivity contribution in [2.24, 2.45) is 0 Å². The zero-order valence-electron chi connectivity index (χ0n) is 17.9. The van der Waals surface area contributed by atoms with Crippen molar-refractivity contribution in [3.63, 3.8) is 0 Å². The molecular formula is C25H20Cl2N2O3S. The molecular weight excluding hydrogens is 479 g/mol. The van der Waals surface area contributed by atoms with Crippen LogP contribution < -0.4 is 15.0 Å². The minimum Gasteiger partial charge on any atom is -0.492 e. The van der Waals surface area contributed by atoms with E-state index in [1.165, 1.54) is 11.8 Å². The quantitative estimate of drug-likeness (QED) is 0.367. The first-order chi connectivity index (χ1) is 15.9. The predicted molar refractivity (Wildman–Crippen MR) is 134 cm³/mol. The van der Waals surface area contributed by atoms with Crippen molar-refractivity contribution in [3.8, 4) is 5.75 Å². The normalized spacial score (nSPS) is 13.6. The second-order valence-electron chi connectivity index (χ2n) is 7.19. The zero-order valence-corrected chi connectivity index (χ0v) is 20.2. The van der Waals surface area contributed by atoms with Gasteiger partial charge in [-0.2, -0.15) is 0 Å². The smallest absolute Gasteiger partial charge is 0.283 e. The van der Waals surface area contributed by atoms with Gasteiger partial charge in [-0.25, -0.2) is 4.90 Å². The van der Waals surface area contributed by atoms with Gasteiger partial charge in [0, 0.05) is 14.9 Å². The third-order valence-electron chi connectivity index (χ3n) is 4.94. The first kappa shape index (κ1) is 23.2. The van der Waals surface area contributed by atoms with E-state index in [1.54, 1.807) is 54.6 Å². The van der Waals surface area contributed by atoms with Gasteiger partial charge in [0.1, 0.15) is 16.4 Å². The number of carbonyl (C=O) groups is 2. The van der Waals surface area contributed by atoms with Crippen molar-refractivity contribution >= 4 is 58.2 Å². The van der Waals surface area contributed by atoms with E-state index in [2.05, 4.69) is 5.32 Å². The highest BCUT2D eigenvalue weighted by atomic mass is 35.5. The van der Waals surface area contributed by atoms with Crippen molar-refractivity contribution in [3.05, 3.63) is 92.9 Å². The van der Waals surface area contributed by atoms with Gasteiger partial charge in [-0.3, -0.25) is 9.59 Å². The minimum atomic E-state index is -0.470. The second-order valence-corrected chi connectivity index (χ2v) is 9.12. The summed E-state index contributed by atoms with van der Waals surface area (Å²) in [5.41, 5.74) is 2.02. The van der Waals surface area contributed by atoms with E-state index < -0.39 is 11.8 Å². The molecule has 0 spiro atoms. The number of ether oxygens (including phenoxy) is 1. The maximum Gasteiger partial charge on any atom is 0.283 e. The predicted octanol–water partition coefficient (Wildman–Crippen LogP) is 6.69. The topological polar surface area (TPSA) is 58.6 Å². The fraction of sp³-hybridized carbons (Fsp3) is 0.120. The molecule has 0 bridgehead atoms. The molecule has 1 heterocycles. The Morgan fingerprint density at radius 1 is 0.970 bits per heavy atom. The average molecular weight is 499 g/mol. The lowest BCUT2D eigenvalue weighted by molar-refractivity contribution is -0.120. The van der Waals surface area contributed by atoms with Crippen LogP contribution in [0.15, 0.2) is 82.2 Å². The molecule has 168 valence electrons. The number of halogens is 2. The lowest BCUT2D eigenvalue weighted by atomic mass is 10.2. The molecule has 0 radical (unpaired) electrons. The average Bonchev–Trinajstić information content (AvgIpc) is 3.02. The molecule has 0 atom stereocenters. The van der Waals surface area contributed by atoms with E-state index in [9.17, 15) is 9.59 Å². The molecule has 1 aliphatic rings. The van der Waals surface area contributed by atoms with Crippen LogP contribution in [0.2, 0.25) is 10.0 Å². The first-order valence-corrected chi connectivity index (χ1v) is 11.8. The Hall–Kier alpha value is -2.93. The van der Waals surface area contributed by atoms with Crippen molar-refractivity contribution in [1.29, 1.82) is 0 Å². The van der Waals surface area contributed by atoms with Gasteiger partial charge in [0.25, 0.3) is 11.8 Å². The van der Waals surface area contributed by atoms with Crippen LogP contribution in [0.5, 0.6) is 5.75 Å². The number of para-hydroxylation sites is 2. The highest BCUT2D eigenvalue weighted by Crippen LogP contribution is 2.39. The number of rotatable bonds is 7. The van der Waals surface area contributed by atoms with Crippen molar-refractivity contribution in [2.75, 3.05) is 16.8 Å². The van der Waals surface area contributed by atoms with Gasteiger partial charge in [0.2, 0.25) is 0 Å². The third-order valence-corrected chi connectivity index (χ3v) is 6.69. The van der Waals surface area contributed by atoms with Crippen molar-refractivity contribution < 1.29 is 14.3 Å². The van der Waals surface area contributed by atoms with Crippen LogP contribution in [0.3, 0.4) is 0 Å². The Morgan fingerprint density at radius 2 is 1.70 bits per heavy atom. The molecule has 1 N–H and O–H groups in total. The molecule has 2 amide bonds. The van der Waals surface area contributed by atoms with Crippen LogP contribution in [-0.2, 0) is 9.59 Å². The van der Waals surface area contributed by atoms with Gasteiger partial charge in [-0.05, 0) is 67.9 Å². The number of aryl methyl sites for hydroxylation is 1. The maximum atomic E-state index is 13.5. The molecule has 0 unspecified atom stereocenters. The number of carbonyl (C=O) groups excluding carboxylic acids is 2. The molecule has 0 fully saturated rings. The molecule has 0 aromatic heterocycles. The van der Waals surface area contributed by atoms with Gasteiger partial charge < -0.3 is 10.1 Å². The van der Waals surface area contributed by atoms with E-state index in [-0.39, 0.29) is 10.6 Å². The number of amides is 2. The zero-order chi connectivity index (χ0) is 23.5. The summed E-state index contributed by atoms with van der Waals surface area (Å²) in [6.07, 6.45) is 0. The summed E-state index contributed by atoms with van der Waals surface area (Å²) in [7, 11) is 0. The van der Waals surface area contributed by atoms with E-state index >= 15 is 0 Å². The van der Waals surface area contributed by atoms with E-state index in [1.807, 2.05) is 26.0 Å². The van der Waals surface area contributed by atoms with Gasteiger partial charge in [0.05, 0.1) is 18.0 Å². The van der Waals surface area contributed by atoms with Gasteiger partial charge in [0.15, 0.2) is 0 Å². The highest BCUT2D eigenvalue weighted by Gasteiger charge is 2.40. The monoisotopic (exact) mass is 498 g/mol. The SMILES string of the molecule is CCOc1ccccc1NC1=C(Sc2ccc(Cl)cc2)C(=O)N(c2ccc(C)c(Cl)c2)C1=O. The molecule has 1 aliphatic heterocycles. The van der Waals surface area contributed by atoms with Crippen molar-refractivity contribution in [1.82, 2.24) is 0 Å². The van der Waals surface area contributed by atoms with E-state index in [0.717, 1.165) is 15.4 Å². The van der Waals surface area contributed by atoms with Crippen molar-refractivity contribution in [2.45, 2.75) is 18.7 Å². The molecule has 3 aromatic rings. The highest BCUT2D eigenvalue weighted by molar-refractivity contribution is 8.04. The van der Waals surface area contributed by atoms with E-state index in [4.69, 9.17) is 27.9 Å². The van der Waals surface area contributed by atoms with E-state index in [0.29, 0.717) is 33.8 Å². The van der Waals surface area contributed by atoms with Crippen LogP contribution >= 0.6 is 35.0 Å². The summed E-state index contributed by atoms with van der Waals surface area (Å²) < 4.78 is 5.68. The Labute approximate surface area is 206 Å². The number of benzene rings is 3. The van der Waals surface area contributed by atoms with Crippen LogP contribution in [0.1, 0.15) is 12.5 Å². The first-order valence-electron chi connectivity index (χ1n) is 10.2. The number of imide groups is 1. The summed E-state index contributed by atoms with van der Waals surface area (Å²) in [6.45, 7) is 4.20. The third kappa shape index (κ3) is 4.88. The number of nitrogens with zero attached hydrogens (tertiary/aromatic N) is 1. The van der Waals surface area contributed by atoms with Crippen LogP contribution in [0.4, 0.5) is 11.4 Å². The number of anilines is 2. The summed E-state index contributed by atoms with van der Waals surface area (Å²) in [5, 5.41) is 4.20.